The van der Waals surface area contributed by atoms with Crippen molar-refractivity contribution in [3.63, 3.8) is 0 Å². The fourth-order valence-electron chi connectivity index (χ4n) is 3.40. The maximum Gasteiger partial charge on any atom is 0.250 e. The molecule has 0 amide bonds. The maximum absolute atomic E-state index is 11.3. The molecule has 0 bridgehead atoms. The second-order valence-corrected chi connectivity index (χ2v) is 6.65. The molecule has 0 saturated carbocycles. The highest BCUT2D eigenvalue weighted by atomic mass is 16.6. The van der Waals surface area contributed by atoms with E-state index in [1.165, 1.54) is 11.9 Å². The fourth-order valence-corrected chi connectivity index (χ4v) is 3.40. The number of aromatic nitrogens is 2. The van der Waals surface area contributed by atoms with Gasteiger partial charge in [-0.3, -0.25) is 9.69 Å². The Morgan fingerprint density at radius 1 is 1.15 bits per heavy atom. The summed E-state index contributed by atoms with van der Waals surface area (Å²) in [5, 5.41) is 0. The van der Waals surface area contributed by atoms with Crippen LogP contribution in [0.2, 0.25) is 0 Å². The number of hydrogen-bond acceptors (Lipinski definition) is 6. The highest BCUT2D eigenvalue weighted by Gasteiger charge is 2.21. The first-order valence-corrected chi connectivity index (χ1v) is 9.02. The third kappa shape index (κ3) is 4.23. The van der Waals surface area contributed by atoms with Crippen LogP contribution in [0.5, 0.6) is 11.5 Å². The van der Waals surface area contributed by atoms with Crippen LogP contribution < -0.4 is 15.0 Å². The number of nitrogens with one attached hydrogen (secondary N) is 1. The van der Waals surface area contributed by atoms with Gasteiger partial charge in [0.2, 0.25) is 0 Å². The van der Waals surface area contributed by atoms with E-state index in [1.54, 1.807) is 6.07 Å². The quantitative estimate of drug-likeness (QED) is 0.871. The van der Waals surface area contributed by atoms with E-state index in [4.69, 9.17) is 14.2 Å². The SMILES string of the molecule is O=c1cc(CC[C@@H]2CN(Cc3ccc4c(c3)OCCO4)CCO2)nc[nH]1. The van der Waals surface area contributed by atoms with Gasteiger partial charge >= 0.3 is 0 Å². The number of hydrogen-bond donors (Lipinski definition) is 1. The van der Waals surface area contributed by atoms with Gasteiger partial charge in [-0.2, -0.15) is 0 Å². The molecule has 1 aromatic carbocycles. The zero-order valence-electron chi connectivity index (χ0n) is 14.6. The van der Waals surface area contributed by atoms with Gasteiger partial charge in [-0.05, 0) is 30.5 Å². The third-order valence-electron chi connectivity index (χ3n) is 4.69. The van der Waals surface area contributed by atoms with Crippen molar-refractivity contribution in [2.75, 3.05) is 32.9 Å². The number of morpholine rings is 1. The maximum atomic E-state index is 11.3. The number of H-pyrrole nitrogens is 1. The lowest BCUT2D eigenvalue weighted by atomic mass is 10.1. The average molecular weight is 357 g/mol. The summed E-state index contributed by atoms with van der Waals surface area (Å²) in [6.45, 7) is 4.58. The molecule has 1 aromatic heterocycles. The van der Waals surface area contributed by atoms with E-state index < -0.39 is 0 Å². The largest absolute Gasteiger partial charge is 0.486 e. The Hall–Kier alpha value is -2.38. The van der Waals surface area contributed by atoms with Crippen LogP contribution in [-0.4, -0.2) is 53.9 Å². The molecule has 26 heavy (non-hydrogen) atoms. The topological polar surface area (TPSA) is 76.7 Å². The first kappa shape index (κ1) is 17.1. The molecule has 2 aromatic rings. The number of benzene rings is 1. The number of ether oxygens (including phenoxy) is 3. The Labute approximate surface area is 151 Å². The van der Waals surface area contributed by atoms with Crippen LogP contribution in [-0.2, 0) is 17.7 Å². The van der Waals surface area contributed by atoms with Crippen LogP contribution in [0.1, 0.15) is 17.7 Å². The minimum atomic E-state index is -0.111. The van der Waals surface area contributed by atoms with E-state index in [0.29, 0.717) is 13.2 Å². The summed E-state index contributed by atoms with van der Waals surface area (Å²) >= 11 is 0. The van der Waals surface area contributed by atoms with E-state index in [1.807, 2.05) is 6.07 Å². The minimum Gasteiger partial charge on any atom is -0.486 e. The van der Waals surface area contributed by atoms with E-state index in [2.05, 4.69) is 27.0 Å². The molecule has 7 nitrogen and oxygen atoms in total. The van der Waals surface area contributed by atoms with Gasteiger partial charge in [-0.25, -0.2) is 4.98 Å². The van der Waals surface area contributed by atoms with Crippen molar-refractivity contribution >= 4 is 0 Å². The third-order valence-corrected chi connectivity index (χ3v) is 4.69. The zero-order valence-corrected chi connectivity index (χ0v) is 14.6. The summed E-state index contributed by atoms with van der Waals surface area (Å²) < 4.78 is 17.1. The summed E-state index contributed by atoms with van der Waals surface area (Å²) in [7, 11) is 0. The van der Waals surface area contributed by atoms with Crippen molar-refractivity contribution in [1.82, 2.24) is 14.9 Å². The van der Waals surface area contributed by atoms with E-state index in [-0.39, 0.29) is 11.7 Å². The molecular weight excluding hydrogens is 334 g/mol. The van der Waals surface area contributed by atoms with Crippen molar-refractivity contribution in [1.29, 1.82) is 0 Å². The standard InChI is InChI=1S/C19H23N3O4/c23-19-10-15(20-13-21-19)2-3-16-12-22(5-6-24-16)11-14-1-4-17-18(9-14)26-8-7-25-17/h1,4,9-10,13,16H,2-3,5-8,11-12H2,(H,20,21,23)/t16-/m1/s1. The molecule has 0 aliphatic carbocycles. The van der Waals surface area contributed by atoms with Crippen molar-refractivity contribution in [3.05, 3.63) is 52.2 Å². The molecule has 0 radical (unpaired) electrons. The lowest BCUT2D eigenvalue weighted by Gasteiger charge is -2.33. The highest BCUT2D eigenvalue weighted by Crippen LogP contribution is 2.31. The number of aromatic amines is 1. The molecule has 4 rings (SSSR count). The molecule has 0 unspecified atom stereocenters. The smallest absolute Gasteiger partial charge is 0.250 e. The normalized spacial score (nSPS) is 20.1. The molecule has 1 atom stereocenters. The Morgan fingerprint density at radius 3 is 2.92 bits per heavy atom. The first-order valence-electron chi connectivity index (χ1n) is 9.02. The van der Waals surface area contributed by atoms with Crippen LogP contribution in [0.3, 0.4) is 0 Å². The number of rotatable bonds is 5. The van der Waals surface area contributed by atoms with Gasteiger partial charge in [0, 0.05) is 31.4 Å². The van der Waals surface area contributed by atoms with E-state index >= 15 is 0 Å². The number of fused-ring (bicyclic) bond motifs is 1. The zero-order chi connectivity index (χ0) is 17.8. The molecule has 3 heterocycles. The second kappa shape index (κ2) is 7.88. The van der Waals surface area contributed by atoms with Gasteiger partial charge in [0.1, 0.15) is 13.2 Å². The van der Waals surface area contributed by atoms with Crippen molar-refractivity contribution in [2.45, 2.75) is 25.5 Å². The van der Waals surface area contributed by atoms with Gasteiger partial charge in [0.15, 0.2) is 11.5 Å². The van der Waals surface area contributed by atoms with Crippen molar-refractivity contribution in [2.24, 2.45) is 0 Å². The van der Waals surface area contributed by atoms with Gasteiger partial charge < -0.3 is 19.2 Å². The summed E-state index contributed by atoms with van der Waals surface area (Å²) in [4.78, 5) is 20.5. The minimum absolute atomic E-state index is 0.111. The molecule has 1 fully saturated rings. The van der Waals surface area contributed by atoms with Gasteiger partial charge in [-0.15, -0.1) is 0 Å². The molecular formula is C19H23N3O4. The molecule has 1 N–H and O–H groups in total. The molecule has 7 heteroatoms. The summed E-state index contributed by atoms with van der Waals surface area (Å²) in [5.41, 5.74) is 1.91. The van der Waals surface area contributed by atoms with Crippen LogP contribution in [0, 0.1) is 0 Å². The molecule has 0 spiro atoms. The van der Waals surface area contributed by atoms with E-state index in [9.17, 15) is 4.79 Å². The van der Waals surface area contributed by atoms with Crippen molar-refractivity contribution in [3.8, 4) is 11.5 Å². The number of nitrogens with zero attached hydrogens (tertiary/aromatic N) is 2. The molecule has 2 aliphatic heterocycles. The molecule has 138 valence electrons. The van der Waals surface area contributed by atoms with Crippen LogP contribution in [0.15, 0.2) is 35.4 Å². The highest BCUT2D eigenvalue weighted by molar-refractivity contribution is 5.43. The first-order chi connectivity index (χ1) is 12.8. The monoisotopic (exact) mass is 357 g/mol. The summed E-state index contributed by atoms with van der Waals surface area (Å²) in [6, 6.07) is 7.70. The Bertz CT molecular complexity index is 807. The Kier molecular flexibility index (Phi) is 5.17. The van der Waals surface area contributed by atoms with Gasteiger partial charge in [0.25, 0.3) is 5.56 Å². The fraction of sp³-hybridized carbons (Fsp3) is 0.474. The van der Waals surface area contributed by atoms with Crippen LogP contribution in [0.25, 0.3) is 0 Å². The van der Waals surface area contributed by atoms with Crippen LogP contribution >= 0.6 is 0 Å². The van der Waals surface area contributed by atoms with Gasteiger partial charge in [0.05, 0.1) is 19.0 Å². The van der Waals surface area contributed by atoms with Crippen LogP contribution in [0.4, 0.5) is 0 Å². The summed E-state index contributed by atoms with van der Waals surface area (Å²) in [5.74, 6) is 1.66. The van der Waals surface area contributed by atoms with Gasteiger partial charge in [-0.1, -0.05) is 6.07 Å². The Morgan fingerprint density at radius 2 is 2.04 bits per heavy atom. The van der Waals surface area contributed by atoms with E-state index in [0.717, 1.165) is 56.3 Å². The molecule has 2 aliphatic rings. The average Bonchev–Trinajstić information content (AvgIpc) is 2.67. The van der Waals surface area contributed by atoms with Crippen molar-refractivity contribution < 1.29 is 14.2 Å². The molecule has 1 saturated heterocycles. The predicted molar refractivity (Wildman–Crippen MR) is 95.6 cm³/mol. The second-order valence-electron chi connectivity index (χ2n) is 6.65. The predicted octanol–water partition coefficient (Wildman–Crippen LogP) is 1.37. The lowest BCUT2D eigenvalue weighted by molar-refractivity contribution is -0.0347. The lowest BCUT2D eigenvalue weighted by Crippen LogP contribution is -2.42. The number of aryl methyl sites for hydroxylation is 1. The summed E-state index contributed by atoms with van der Waals surface area (Å²) in [6.07, 6.45) is 3.20. The Balaban J connectivity index is 1.32.